The Hall–Kier alpha value is -2.55. The van der Waals surface area contributed by atoms with E-state index >= 15 is 0 Å². The summed E-state index contributed by atoms with van der Waals surface area (Å²) in [6, 6.07) is 6.69. The zero-order valence-electron chi connectivity index (χ0n) is 15.2. The van der Waals surface area contributed by atoms with Gasteiger partial charge in [0.25, 0.3) is 0 Å². The van der Waals surface area contributed by atoms with Crippen LogP contribution in [-0.4, -0.2) is 37.0 Å². The molecule has 0 atom stereocenters. The third kappa shape index (κ3) is 4.50. The van der Waals surface area contributed by atoms with Crippen LogP contribution in [0.4, 0.5) is 0 Å². The molecule has 2 rings (SSSR count). The van der Waals surface area contributed by atoms with Crippen LogP contribution in [0.25, 0.3) is 0 Å². The van der Waals surface area contributed by atoms with Crippen LogP contribution in [0.2, 0.25) is 0 Å². The van der Waals surface area contributed by atoms with E-state index in [1.54, 1.807) is 12.1 Å². The molecule has 1 aromatic rings. The van der Waals surface area contributed by atoms with Gasteiger partial charge in [-0.25, -0.2) is 0 Å². The van der Waals surface area contributed by atoms with Gasteiger partial charge >= 0.3 is 5.97 Å². The quantitative estimate of drug-likeness (QED) is 0.622. The number of carbonyl (C=O) groups excluding carboxylic acids is 2. The average molecular weight is 344 g/mol. The fraction of sp³-hybridized carbons (Fsp3) is 0.526. The highest BCUT2D eigenvalue weighted by Gasteiger charge is 2.33. The van der Waals surface area contributed by atoms with Crippen LogP contribution >= 0.6 is 0 Å². The van der Waals surface area contributed by atoms with Crippen LogP contribution in [-0.2, 0) is 9.59 Å². The second-order valence-corrected chi connectivity index (χ2v) is 7.22. The molecule has 0 aliphatic carbocycles. The van der Waals surface area contributed by atoms with Crippen molar-refractivity contribution in [2.75, 3.05) is 20.2 Å². The first-order chi connectivity index (χ1) is 11.8. The first kappa shape index (κ1) is 18.8. The number of esters is 1. The van der Waals surface area contributed by atoms with Crippen molar-refractivity contribution in [1.29, 1.82) is 5.26 Å². The molecule has 0 aromatic heterocycles. The number of hydrogen-bond acceptors (Lipinski definition) is 5. The summed E-state index contributed by atoms with van der Waals surface area (Å²) in [7, 11) is 1.46. The monoisotopic (exact) mass is 344 g/mol. The first-order valence-electron chi connectivity index (χ1n) is 8.35. The summed E-state index contributed by atoms with van der Waals surface area (Å²) >= 11 is 0. The molecular weight excluding hydrogens is 320 g/mol. The zero-order chi connectivity index (χ0) is 18.6. The van der Waals surface area contributed by atoms with Gasteiger partial charge in [0.15, 0.2) is 11.5 Å². The summed E-state index contributed by atoms with van der Waals surface area (Å²) in [5, 5.41) is 8.92. The van der Waals surface area contributed by atoms with Gasteiger partial charge in [0.1, 0.15) is 0 Å². The molecule has 0 N–H and O–H groups in total. The summed E-state index contributed by atoms with van der Waals surface area (Å²) in [5.74, 6) is 0.191. The summed E-state index contributed by atoms with van der Waals surface area (Å²) in [6.45, 7) is 6.80. The van der Waals surface area contributed by atoms with Gasteiger partial charge in [-0.05, 0) is 25.0 Å². The third-order valence-electron chi connectivity index (χ3n) is 4.26. The molecule has 1 amide bonds. The molecule has 6 nitrogen and oxygen atoms in total. The van der Waals surface area contributed by atoms with E-state index in [2.05, 4.69) is 0 Å². The van der Waals surface area contributed by atoms with E-state index in [0.717, 1.165) is 0 Å². The van der Waals surface area contributed by atoms with E-state index in [4.69, 9.17) is 14.7 Å². The normalized spacial score (nSPS) is 15.4. The lowest BCUT2D eigenvalue weighted by molar-refractivity contribution is -0.146. The van der Waals surface area contributed by atoms with Crippen molar-refractivity contribution in [3.05, 3.63) is 23.8 Å². The van der Waals surface area contributed by atoms with Gasteiger partial charge in [-0.15, -0.1) is 0 Å². The van der Waals surface area contributed by atoms with Crippen molar-refractivity contribution in [2.45, 2.75) is 33.6 Å². The van der Waals surface area contributed by atoms with Crippen molar-refractivity contribution in [1.82, 2.24) is 4.90 Å². The molecule has 0 radical (unpaired) electrons. The highest BCUT2D eigenvalue weighted by atomic mass is 16.6. The van der Waals surface area contributed by atoms with Crippen molar-refractivity contribution in [2.24, 2.45) is 11.3 Å². The van der Waals surface area contributed by atoms with Gasteiger partial charge in [0.2, 0.25) is 5.91 Å². The van der Waals surface area contributed by atoms with E-state index < -0.39 is 5.41 Å². The van der Waals surface area contributed by atoms with Crippen LogP contribution in [0.1, 0.15) is 39.2 Å². The van der Waals surface area contributed by atoms with E-state index in [1.807, 2.05) is 31.7 Å². The molecule has 6 heteroatoms. The second-order valence-electron chi connectivity index (χ2n) is 7.22. The largest absolute Gasteiger partial charge is 0.493 e. The molecule has 0 unspecified atom stereocenters. The molecule has 25 heavy (non-hydrogen) atoms. The van der Waals surface area contributed by atoms with Crippen molar-refractivity contribution >= 4 is 11.9 Å². The molecule has 1 heterocycles. The molecule has 1 aliphatic heterocycles. The minimum Gasteiger partial charge on any atom is -0.493 e. The van der Waals surface area contributed by atoms with Gasteiger partial charge in [-0.3, -0.25) is 9.59 Å². The lowest BCUT2D eigenvalue weighted by Crippen LogP contribution is -2.45. The maximum absolute atomic E-state index is 12.4. The predicted octanol–water partition coefficient (Wildman–Crippen LogP) is 2.76. The Kier molecular flexibility index (Phi) is 5.68. The molecule has 0 saturated carbocycles. The number of benzene rings is 1. The summed E-state index contributed by atoms with van der Waals surface area (Å²) < 4.78 is 10.6. The molecule has 0 spiro atoms. The number of nitriles is 1. The third-order valence-corrected chi connectivity index (χ3v) is 4.26. The van der Waals surface area contributed by atoms with Gasteiger partial charge in [-0.1, -0.05) is 20.8 Å². The predicted molar refractivity (Wildman–Crippen MR) is 92.1 cm³/mol. The number of piperidine rings is 1. The SMILES string of the molecule is COc1cc(C#N)ccc1OC(=O)C1CCN(C(=O)C(C)(C)C)CC1. The maximum atomic E-state index is 12.4. The summed E-state index contributed by atoms with van der Waals surface area (Å²) in [5.41, 5.74) is 0.0223. The first-order valence-corrected chi connectivity index (χ1v) is 8.35. The van der Waals surface area contributed by atoms with Crippen molar-refractivity contribution in [3.63, 3.8) is 0 Å². The van der Waals surface area contributed by atoms with Crippen LogP contribution in [0.3, 0.4) is 0 Å². The fourth-order valence-electron chi connectivity index (χ4n) is 2.81. The van der Waals surface area contributed by atoms with E-state index in [0.29, 0.717) is 43.0 Å². The number of carbonyl (C=O) groups is 2. The number of likely N-dealkylation sites (tertiary alicyclic amines) is 1. The standard InChI is InChI=1S/C19H24N2O4/c1-19(2,3)18(23)21-9-7-14(8-10-21)17(22)25-15-6-5-13(12-20)11-16(15)24-4/h5-6,11,14H,7-10H2,1-4H3. The van der Waals surface area contributed by atoms with Crippen LogP contribution in [0.15, 0.2) is 18.2 Å². The number of amides is 1. The second kappa shape index (κ2) is 7.56. The van der Waals surface area contributed by atoms with Crippen molar-refractivity contribution < 1.29 is 19.1 Å². The summed E-state index contributed by atoms with van der Waals surface area (Å²) in [6.07, 6.45) is 1.17. The van der Waals surface area contributed by atoms with Crippen LogP contribution in [0.5, 0.6) is 11.5 Å². The topological polar surface area (TPSA) is 79.6 Å². The molecular formula is C19H24N2O4. The molecule has 1 saturated heterocycles. The highest BCUT2D eigenvalue weighted by molar-refractivity contribution is 5.82. The van der Waals surface area contributed by atoms with Gasteiger partial charge < -0.3 is 14.4 Å². The van der Waals surface area contributed by atoms with E-state index in [-0.39, 0.29) is 17.8 Å². The Balaban J connectivity index is 1.98. The Morgan fingerprint density at radius 3 is 2.36 bits per heavy atom. The van der Waals surface area contributed by atoms with Crippen LogP contribution in [0, 0.1) is 22.7 Å². The molecule has 134 valence electrons. The minimum atomic E-state index is -0.413. The average Bonchev–Trinajstić information content (AvgIpc) is 2.60. The van der Waals surface area contributed by atoms with Gasteiger partial charge in [0.05, 0.1) is 24.7 Å². The Labute approximate surface area is 148 Å². The number of hydrogen-bond donors (Lipinski definition) is 0. The Bertz CT molecular complexity index is 692. The van der Waals surface area contributed by atoms with Gasteiger partial charge in [0, 0.05) is 24.6 Å². The lowest BCUT2D eigenvalue weighted by Gasteiger charge is -2.34. The fourth-order valence-corrected chi connectivity index (χ4v) is 2.81. The smallest absolute Gasteiger partial charge is 0.314 e. The Morgan fingerprint density at radius 1 is 1.20 bits per heavy atom. The lowest BCUT2D eigenvalue weighted by atomic mass is 9.91. The highest BCUT2D eigenvalue weighted by Crippen LogP contribution is 2.30. The molecule has 1 aromatic carbocycles. The number of nitrogens with zero attached hydrogens (tertiary/aromatic N) is 2. The Morgan fingerprint density at radius 2 is 1.84 bits per heavy atom. The van der Waals surface area contributed by atoms with Gasteiger partial charge in [-0.2, -0.15) is 5.26 Å². The molecule has 1 fully saturated rings. The van der Waals surface area contributed by atoms with E-state index in [1.165, 1.54) is 13.2 Å². The number of methoxy groups -OCH3 is 1. The summed E-state index contributed by atoms with van der Waals surface area (Å²) in [4.78, 5) is 26.5. The minimum absolute atomic E-state index is 0.105. The van der Waals surface area contributed by atoms with Crippen molar-refractivity contribution in [3.8, 4) is 17.6 Å². The number of ether oxygens (including phenoxy) is 2. The number of rotatable bonds is 3. The zero-order valence-corrected chi connectivity index (χ0v) is 15.2. The maximum Gasteiger partial charge on any atom is 0.314 e. The molecule has 1 aliphatic rings. The van der Waals surface area contributed by atoms with E-state index in [9.17, 15) is 9.59 Å². The van der Waals surface area contributed by atoms with Crippen LogP contribution < -0.4 is 9.47 Å². The molecule has 0 bridgehead atoms.